The van der Waals surface area contributed by atoms with Gasteiger partial charge in [0.2, 0.25) is 0 Å². The normalized spacial score (nSPS) is 18.4. The molecule has 7 nitrogen and oxygen atoms in total. The maximum Gasteiger partial charge on any atom is 0.320 e. The van der Waals surface area contributed by atoms with Gasteiger partial charge in [0, 0.05) is 49.3 Å². The lowest BCUT2D eigenvalue weighted by Gasteiger charge is -2.20. The number of fused-ring (bicyclic) bond motifs is 1. The molecule has 2 aromatic carbocycles. The molecule has 3 heterocycles. The molecule has 2 atom stereocenters. The van der Waals surface area contributed by atoms with Gasteiger partial charge in [-0.05, 0) is 12.5 Å². The first-order valence-corrected chi connectivity index (χ1v) is 12.3. The van der Waals surface area contributed by atoms with Crippen molar-refractivity contribution in [2.45, 2.75) is 18.9 Å². The van der Waals surface area contributed by atoms with Gasteiger partial charge in [0.25, 0.3) is 0 Å². The number of amides is 2. The molecule has 0 unspecified atom stereocenters. The molecule has 0 bridgehead atoms. The van der Waals surface area contributed by atoms with Crippen LogP contribution in [0.3, 0.4) is 0 Å². The summed E-state index contributed by atoms with van der Waals surface area (Å²) in [5.74, 6) is 0.903. The van der Waals surface area contributed by atoms with Crippen molar-refractivity contribution in [2.24, 2.45) is 0 Å². The van der Waals surface area contributed by atoms with Crippen molar-refractivity contribution in [1.82, 2.24) is 19.6 Å². The number of imidazole rings is 1. The summed E-state index contributed by atoms with van der Waals surface area (Å²) in [4.78, 5) is 22.5. The zero-order chi connectivity index (χ0) is 23.5. The molecule has 2 aromatic heterocycles. The van der Waals surface area contributed by atoms with Crippen LogP contribution in [0.5, 0.6) is 0 Å². The summed E-state index contributed by atoms with van der Waals surface area (Å²) in [6, 6.07) is 20.1. The monoisotopic (exact) mass is 475 g/mol. The van der Waals surface area contributed by atoms with Crippen molar-refractivity contribution in [2.75, 3.05) is 38.7 Å². The zero-order valence-electron chi connectivity index (χ0n) is 19.4. The summed E-state index contributed by atoms with van der Waals surface area (Å²) in [6.45, 7) is 5.22. The van der Waals surface area contributed by atoms with Gasteiger partial charge < -0.3 is 10.1 Å². The fourth-order valence-corrected chi connectivity index (χ4v) is 5.48. The first-order valence-electron chi connectivity index (χ1n) is 11.5. The lowest BCUT2D eigenvalue weighted by molar-refractivity contribution is 0.159. The number of urea groups is 1. The van der Waals surface area contributed by atoms with Crippen LogP contribution in [-0.4, -0.2) is 59.7 Å². The Balaban J connectivity index is 1.39. The molecule has 0 saturated carbocycles. The van der Waals surface area contributed by atoms with E-state index in [0.29, 0.717) is 12.4 Å². The highest BCUT2D eigenvalue weighted by Crippen LogP contribution is 2.32. The lowest BCUT2D eigenvalue weighted by Crippen LogP contribution is -2.42. The van der Waals surface area contributed by atoms with E-state index in [2.05, 4.69) is 39.8 Å². The average Bonchev–Trinajstić information content (AvgIpc) is 3.52. The second-order valence-corrected chi connectivity index (χ2v) is 9.86. The number of carbonyl (C=O) groups excluding carboxylic acids is 1. The summed E-state index contributed by atoms with van der Waals surface area (Å²) >= 11 is 1.61. The molecule has 4 aromatic rings. The van der Waals surface area contributed by atoms with E-state index in [1.165, 1.54) is 5.56 Å². The minimum Gasteiger partial charge on any atom is -0.383 e. The average molecular weight is 476 g/mol. The quantitative estimate of drug-likeness (QED) is 0.410. The Labute approximate surface area is 203 Å². The van der Waals surface area contributed by atoms with Gasteiger partial charge in [-0.15, -0.1) is 11.3 Å². The number of aryl methyl sites for hydroxylation is 1. The van der Waals surface area contributed by atoms with Crippen molar-refractivity contribution < 1.29 is 9.53 Å². The smallest absolute Gasteiger partial charge is 0.320 e. The maximum absolute atomic E-state index is 13.3. The number of benzene rings is 2. The first-order chi connectivity index (χ1) is 16.6. The number of methoxy groups -OCH3 is 1. The van der Waals surface area contributed by atoms with Crippen LogP contribution in [0.2, 0.25) is 0 Å². The van der Waals surface area contributed by atoms with Gasteiger partial charge >= 0.3 is 6.03 Å². The Morgan fingerprint density at radius 3 is 2.59 bits per heavy atom. The topological polar surface area (TPSA) is 70.9 Å². The molecule has 176 valence electrons. The van der Waals surface area contributed by atoms with Crippen molar-refractivity contribution in [3.63, 3.8) is 0 Å². The summed E-state index contributed by atoms with van der Waals surface area (Å²) in [7, 11) is 1.72. The summed E-state index contributed by atoms with van der Waals surface area (Å²) in [5.41, 5.74) is 2.98. The standard InChI is InChI=1S/C26H29N5O2S/c1-18-15-31-24(23(28-26(31)34-18)20-11-7-4-8-12-20)29-25(32)27-22-17-30(13-14-33-2)16-21(22)19-9-5-3-6-10-19/h3-12,15,21-22H,13-14,16-17H2,1-2H3,(H2,27,29,32)/t21-,22+/m0/s1. The number of hydrogen-bond acceptors (Lipinski definition) is 5. The number of ether oxygens (including phenoxy) is 1. The summed E-state index contributed by atoms with van der Waals surface area (Å²) in [5, 5.41) is 6.37. The van der Waals surface area contributed by atoms with E-state index in [1.54, 1.807) is 18.4 Å². The molecule has 0 radical (unpaired) electrons. The first kappa shape index (κ1) is 22.6. The molecule has 1 aliphatic rings. The minimum absolute atomic E-state index is 0.00736. The van der Waals surface area contributed by atoms with Gasteiger partial charge in [-0.3, -0.25) is 14.6 Å². The van der Waals surface area contributed by atoms with E-state index in [0.717, 1.165) is 40.7 Å². The van der Waals surface area contributed by atoms with Crippen molar-refractivity contribution in [1.29, 1.82) is 0 Å². The second kappa shape index (κ2) is 9.97. The fourth-order valence-electron chi connectivity index (χ4n) is 4.66. The van der Waals surface area contributed by atoms with Gasteiger partial charge in [0.05, 0.1) is 12.6 Å². The van der Waals surface area contributed by atoms with E-state index >= 15 is 0 Å². The molecule has 1 saturated heterocycles. The molecule has 34 heavy (non-hydrogen) atoms. The number of hydrogen-bond donors (Lipinski definition) is 2. The van der Waals surface area contributed by atoms with Crippen LogP contribution in [0.1, 0.15) is 16.4 Å². The van der Waals surface area contributed by atoms with Crippen LogP contribution in [-0.2, 0) is 4.74 Å². The Hall–Kier alpha value is -3.20. The molecule has 5 rings (SSSR count). The Kier molecular flexibility index (Phi) is 6.62. The molecular formula is C26H29N5O2S. The molecule has 1 aliphatic heterocycles. The number of nitrogens with zero attached hydrogens (tertiary/aromatic N) is 3. The van der Waals surface area contributed by atoms with Crippen LogP contribution in [0, 0.1) is 6.92 Å². The fraction of sp³-hybridized carbons (Fsp3) is 0.308. The number of thiazole rings is 1. The van der Waals surface area contributed by atoms with Crippen LogP contribution in [0.4, 0.5) is 10.6 Å². The van der Waals surface area contributed by atoms with Gasteiger partial charge in [-0.25, -0.2) is 9.78 Å². The van der Waals surface area contributed by atoms with Crippen LogP contribution in [0.15, 0.2) is 66.9 Å². The molecule has 8 heteroatoms. The van der Waals surface area contributed by atoms with E-state index in [9.17, 15) is 4.79 Å². The van der Waals surface area contributed by atoms with Crippen LogP contribution < -0.4 is 10.6 Å². The van der Waals surface area contributed by atoms with Crippen molar-refractivity contribution >= 4 is 28.1 Å². The van der Waals surface area contributed by atoms with Gasteiger partial charge in [-0.1, -0.05) is 60.7 Å². The van der Waals surface area contributed by atoms with Gasteiger partial charge in [0.1, 0.15) is 11.5 Å². The van der Waals surface area contributed by atoms with Gasteiger partial charge in [0.15, 0.2) is 4.96 Å². The lowest BCUT2D eigenvalue weighted by atomic mass is 9.94. The minimum atomic E-state index is -0.220. The van der Waals surface area contributed by atoms with Crippen molar-refractivity contribution in [3.8, 4) is 11.3 Å². The van der Waals surface area contributed by atoms with Crippen LogP contribution in [0.25, 0.3) is 16.2 Å². The molecule has 1 fully saturated rings. The van der Waals surface area contributed by atoms with E-state index in [-0.39, 0.29) is 18.0 Å². The number of carbonyl (C=O) groups is 1. The second-order valence-electron chi connectivity index (χ2n) is 8.64. The SMILES string of the molecule is COCCN1C[C@@H](NC(=O)Nc2c(-c3ccccc3)nc3sc(C)cn23)[C@H](c2ccccc2)C1. The Bertz CT molecular complexity index is 1250. The summed E-state index contributed by atoms with van der Waals surface area (Å²) in [6.07, 6.45) is 2.02. The van der Waals surface area contributed by atoms with Crippen molar-refractivity contribution in [3.05, 3.63) is 77.3 Å². The Morgan fingerprint density at radius 2 is 1.85 bits per heavy atom. The highest BCUT2D eigenvalue weighted by atomic mass is 32.1. The largest absolute Gasteiger partial charge is 0.383 e. The predicted octanol–water partition coefficient (Wildman–Crippen LogP) is 4.61. The number of anilines is 1. The molecule has 2 N–H and O–H groups in total. The van der Waals surface area contributed by atoms with E-state index < -0.39 is 0 Å². The maximum atomic E-state index is 13.3. The Morgan fingerprint density at radius 1 is 1.12 bits per heavy atom. The highest BCUT2D eigenvalue weighted by molar-refractivity contribution is 7.17. The molecule has 0 aliphatic carbocycles. The predicted molar refractivity (Wildman–Crippen MR) is 137 cm³/mol. The number of likely N-dealkylation sites (tertiary alicyclic amines) is 1. The molecule has 2 amide bonds. The summed E-state index contributed by atoms with van der Waals surface area (Å²) < 4.78 is 7.25. The molecule has 0 spiro atoms. The van der Waals surface area contributed by atoms with Gasteiger partial charge in [-0.2, -0.15) is 0 Å². The van der Waals surface area contributed by atoms with Crippen LogP contribution >= 0.6 is 11.3 Å². The number of aromatic nitrogens is 2. The number of nitrogens with one attached hydrogen (secondary N) is 2. The third-order valence-electron chi connectivity index (χ3n) is 6.27. The highest BCUT2D eigenvalue weighted by Gasteiger charge is 2.35. The van der Waals surface area contributed by atoms with E-state index in [4.69, 9.17) is 9.72 Å². The zero-order valence-corrected chi connectivity index (χ0v) is 20.2. The number of rotatable bonds is 7. The van der Waals surface area contributed by atoms with E-state index in [1.807, 2.05) is 53.9 Å². The molecular weight excluding hydrogens is 446 g/mol. The third-order valence-corrected chi connectivity index (χ3v) is 7.17. The third kappa shape index (κ3) is 4.70.